The van der Waals surface area contributed by atoms with Crippen LogP contribution in [-0.4, -0.2) is 31.6 Å². The van der Waals surface area contributed by atoms with Gasteiger partial charge in [0.25, 0.3) is 0 Å². The van der Waals surface area contributed by atoms with Gasteiger partial charge < -0.3 is 14.8 Å². The number of rotatable bonds is 5. The molecule has 1 heterocycles. The summed E-state index contributed by atoms with van der Waals surface area (Å²) in [4.78, 5) is 0. The highest BCUT2D eigenvalue weighted by atomic mass is 16.7. The highest BCUT2D eigenvalue weighted by Crippen LogP contribution is 2.39. The summed E-state index contributed by atoms with van der Waals surface area (Å²) in [6, 6.07) is 0.659. The Morgan fingerprint density at radius 1 is 1.24 bits per heavy atom. The molecule has 0 amide bonds. The van der Waals surface area contributed by atoms with Crippen LogP contribution in [-0.2, 0) is 9.47 Å². The van der Waals surface area contributed by atoms with Gasteiger partial charge in [0.05, 0.1) is 13.2 Å². The highest BCUT2D eigenvalue weighted by Gasteiger charge is 2.39. The monoisotopic (exact) mass is 241 g/mol. The van der Waals surface area contributed by atoms with Gasteiger partial charge in [0.2, 0.25) is 0 Å². The average Bonchev–Trinajstić information content (AvgIpc) is 2.80. The third kappa shape index (κ3) is 3.67. The van der Waals surface area contributed by atoms with E-state index in [-0.39, 0.29) is 5.79 Å². The molecule has 1 saturated heterocycles. The van der Waals surface area contributed by atoms with Crippen LogP contribution >= 0.6 is 0 Å². The lowest BCUT2D eigenvalue weighted by atomic mass is 9.83. The smallest absolute Gasteiger partial charge is 0.168 e. The van der Waals surface area contributed by atoms with Crippen LogP contribution in [0.2, 0.25) is 0 Å². The standard InChI is InChI=1S/C14H27NO2/c1-3-12(2)15-9-6-13-4-7-14(8-5-13)16-10-11-17-14/h12-13,15H,3-11H2,1-2H3. The lowest BCUT2D eigenvalue weighted by Crippen LogP contribution is -2.36. The topological polar surface area (TPSA) is 30.5 Å². The molecule has 0 aromatic carbocycles. The van der Waals surface area contributed by atoms with Crippen LogP contribution in [0.5, 0.6) is 0 Å². The van der Waals surface area contributed by atoms with Gasteiger partial charge in [-0.15, -0.1) is 0 Å². The summed E-state index contributed by atoms with van der Waals surface area (Å²) in [7, 11) is 0. The molecule has 3 nitrogen and oxygen atoms in total. The van der Waals surface area contributed by atoms with Crippen molar-refractivity contribution in [2.45, 2.75) is 64.2 Å². The van der Waals surface area contributed by atoms with E-state index in [0.29, 0.717) is 6.04 Å². The van der Waals surface area contributed by atoms with Crippen LogP contribution < -0.4 is 5.32 Å². The highest BCUT2D eigenvalue weighted by molar-refractivity contribution is 4.82. The molecule has 1 N–H and O–H groups in total. The number of hydrogen-bond acceptors (Lipinski definition) is 3. The normalized spacial score (nSPS) is 26.5. The maximum Gasteiger partial charge on any atom is 0.168 e. The van der Waals surface area contributed by atoms with Gasteiger partial charge in [0.1, 0.15) is 0 Å². The van der Waals surface area contributed by atoms with Gasteiger partial charge in [0.15, 0.2) is 5.79 Å². The first-order valence-corrected chi connectivity index (χ1v) is 7.25. The molecule has 0 bridgehead atoms. The second-order valence-corrected chi connectivity index (χ2v) is 5.60. The van der Waals surface area contributed by atoms with Crippen LogP contribution in [0.4, 0.5) is 0 Å². The van der Waals surface area contributed by atoms with E-state index in [9.17, 15) is 0 Å². The predicted molar refractivity (Wildman–Crippen MR) is 69.0 cm³/mol. The summed E-state index contributed by atoms with van der Waals surface area (Å²) in [5.74, 6) is 0.686. The third-order valence-corrected chi connectivity index (χ3v) is 4.34. The van der Waals surface area contributed by atoms with Crippen molar-refractivity contribution in [2.24, 2.45) is 5.92 Å². The maximum atomic E-state index is 5.75. The second kappa shape index (κ2) is 6.17. The number of nitrogens with one attached hydrogen (secondary N) is 1. The molecule has 0 aromatic heterocycles. The maximum absolute atomic E-state index is 5.75. The van der Waals surface area contributed by atoms with Crippen molar-refractivity contribution < 1.29 is 9.47 Å². The molecule has 1 saturated carbocycles. The Balaban J connectivity index is 1.62. The molecule has 0 radical (unpaired) electrons. The van der Waals surface area contributed by atoms with Crippen molar-refractivity contribution in [3.05, 3.63) is 0 Å². The lowest BCUT2D eigenvalue weighted by Gasteiger charge is -2.35. The van der Waals surface area contributed by atoms with Gasteiger partial charge >= 0.3 is 0 Å². The van der Waals surface area contributed by atoms with Gasteiger partial charge in [-0.25, -0.2) is 0 Å². The largest absolute Gasteiger partial charge is 0.348 e. The molecule has 2 fully saturated rings. The molecular formula is C14H27NO2. The fraction of sp³-hybridized carbons (Fsp3) is 1.00. The van der Waals surface area contributed by atoms with E-state index < -0.39 is 0 Å². The predicted octanol–water partition coefficient (Wildman–Crippen LogP) is 2.70. The molecule has 1 spiro atoms. The Kier molecular flexibility index (Phi) is 4.83. The zero-order valence-corrected chi connectivity index (χ0v) is 11.3. The Morgan fingerprint density at radius 3 is 2.47 bits per heavy atom. The Bertz CT molecular complexity index is 216. The van der Waals surface area contributed by atoms with Crippen molar-refractivity contribution in [1.29, 1.82) is 0 Å². The minimum atomic E-state index is -0.180. The van der Waals surface area contributed by atoms with Gasteiger partial charge in [-0.2, -0.15) is 0 Å². The zero-order valence-electron chi connectivity index (χ0n) is 11.3. The molecule has 0 aromatic rings. The summed E-state index contributed by atoms with van der Waals surface area (Å²) in [6.45, 7) is 7.24. The first kappa shape index (κ1) is 13.3. The SMILES string of the molecule is CCC(C)NCCC1CCC2(CC1)OCCO2. The van der Waals surface area contributed by atoms with E-state index >= 15 is 0 Å². The van der Waals surface area contributed by atoms with Crippen LogP contribution in [0.3, 0.4) is 0 Å². The van der Waals surface area contributed by atoms with E-state index in [1.165, 1.54) is 25.7 Å². The Morgan fingerprint density at radius 2 is 1.88 bits per heavy atom. The zero-order chi connectivity index (χ0) is 12.1. The molecule has 1 aliphatic carbocycles. The van der Waals surface area contributed by atoms with Gasteiger partial charge in [-0.1, -0.05) is 6.92 Å². The van der Waals surface area contributed by atoms with Crippen molar-refractivity contribution in [3.8, 4) is 0 Å². The van der Waals surface area contributed by atoms with Crippen molar-refractivity contribution in [2.75, 3.05) is 19.8 Å². The van der Waals surface area contributed by atoms with Crippen LogP contribution in [0.15, 0.2) is 0 Å². The van der Waals surface area contributed by atoms with Crippen LogP contribution in [0, 0.1) is 5.92 Å². The summed E-state index contributed by atoms with van der Waals surface area (Å²) in [5.41, 5.74) is 0. The summed E-state index contributed by atoms with van der Waals surface area (Å²) < 4.78 is 11.5. The van der Waals surface area contributed by atoms with Crippen molar-refractivity contribution >= 4 is 0 Å². The summed E-state index contributed by atoms with van der Waals surface area (Å²) in [5, 5.41) is 3.58. The molecule has 100 valence electrons. The van der Waals surface area contributed by atoms with Crippen LogP contribution in [0.25, 0.3) is 0 Å². The minimum Gasteiger partial charge on any atom is -0.348 e. The minimum absolute atomic E-state index is 0.180. The number of hydrogen-bond donors (Lipinski definition) is 1. The first-order chi connectivity index (χ1) is 8.24. The van der Waals surface area contributed by atoms with E-state index in [1.54, 1.807) is 0 Å². The van der Waals surface area contributed by atoms with E-state index in [4.69, 9.17) is 9.47 Å². The quantitative estimate of drug-likeness (QED) is 0.803. The molecule has 17 heavy (non-hydrogen) atoms. The lowest BCUT2D eigenvalue weighted by molar-refractivity contribution is -0.182. The first-order valence-electron chi connectivity index (χ1n) is 7.25. The Hall–Kier alpha value is -0.120. The molecule has 1 unspecified atom stereocenters. The second-order valence-electron chi connectivity index (χ2n) is 5.60. The van der Waals surface area contributed by atoms with E-state index in [1.807, 2.05) is 0 Å². The molecule has 1 aliphatic heterocycles. The fourth-order valence-corrected chi connectivity index (χ4v) is 2.87. The Labute approximate surface area is 105 Å². The summed E-state index contributed by atoms with van der Waals surface area (Å²) in [6.07, 6.45) is 7.25. The van der Waals surface area contributed by atoms with Gasteiger partial charge in [0, 0.05) is 18.9 Å². The number of ether oxygens (including phenoxy) is 2. The fourth-order valence-electron chi connectivity index (χ4n) is 2.87. The van der Waals surface area contributed by atoms with E-state index in [0.717, 1.165) is 38.5 Å². The van der Waals surface area contributed by atoms with Crippen molar-refractivity contribution in [3.63, 3.8) is 0 Å². The van der Waals surface area contributed by atoms with Crippen LogP contribution in [0.1, 0.15) is 52.4 Å². The average molecular weight is 241 g/mol. The molecular weight excluding hydrogens is 214 g/mol. The summed E-state index contributed by atoms with van der Waals surface area (Å²) >= 11 is 0. The molecule has 3 heteroatoms. The van der Waals surface area contributed by atoms with E-state index in [2.05, 4.69) is 19.2 Å². The molecule has 2 aliphatic rings. The van der Waals surface area contributed by atoms with Crippen molar-refractivity contribution in [1.82, 2.24) is 5.32 Å². The molecule has 1 atom stereocenters. The third-order valence-electron chi connectivity index (χ3n) is 4.34. The van der Waals surface area contributed by atoms with Gasteiger partial charge in [-0.3, -0.25) is 0 Å². The molecule has 2 rings (SSSR count). The van der Waals surface area contributed by atoms with Gasteiger partial charge in [-0.05, 0) is 45.1 Å².